The summed E-state index contributed by atoms with van der Waals surface area (Å²) in [5, 5.41) is 3.92. The Kier molecular flexibility index (Phi) is 10.6. The first-order chi connectivity index (χ1) is 16.1. The van der Waals surface area contributed by atoms with Crippen molar-refractivity contribution in [2.75, 3.05) is 20.1 Å². The molecular weight excluding hydrogens is 465 g/mol. The fraction of sp³-hybridized carbons (Fsp3) is 0.462. The molecule has 34 heavy (non-hydrogen) atoms. The second-order valence-corrected chi connectivity index (χ2v) is 9.12. The minimum atomic E-state index is -4.38. The van der Waals surface area contributed by atoms with Gasteiger partial charge in [-0.1, -0.05) is 55.8 Å². The molecule has 4 nitrogen and oxygen atoms in total. The maximum absolute atomic E-state index is 12.5. The summed E-state index contributed by atoms with van der Waals surface area (Å²) < 4.78 is 36.8. The molecule has 0 spiro atoms. The largest absolute Gasteiger partial charge is 0.416 e. The average Bonchev–Trinajstić information content (AvgIpc) is 2.80. The highest BCUT2D eigenvalue weighted by Gasteiger charge is 2.32. The quantitative estimate of drug-likeness (QED) is 0.498. The highest BCUT2D eigenvalue weighted by atomic mass is 35.5. The highest BCUT2D eigenvalue weighted by Crippen LogP contribution is 2.32. The van der Waals surface area contributed by atoms with Gasteiger partial charge in [0.25, 0.3) is 0 Å². The summed E-state index contributed by atoms with van der Waals surface area (Å²) in [5.41, 5.74) is 0.618. The zero-order valence-corrected chi connectivity index (χ0v) is 20.5. The molecule has 1 atom stereocenters. The van der Waals surface area contributed by atoms with Gasteiger partial charge in [0.15, 0.2) is 0 Å². The second kappa shape index (κ2) is 12.9. The van der Waals surface area contributed by atoms with Gasteiger partial charge in [-0.3, -0.25) is 4.79 Å². The molecule has 0 saturated carbocycles. The van der Waals surface area contributed by atoms with Crippen LogP contribution in [0.2, 0.25) is 5.02 Å². The van der Waals surface area contributed by atoms with Crippen molar-refractivity contribution in [1.82, 2.24) is 10.2 Å². The molecule has 1 saturated heterocycles. The minimum absolute atomic E-state index is 0. The van der Waals surface area contributed by atoms with Crippen LogP contribution in [0.25, 0.3) is 0 Å². The van der Waals surface area contributed by atoms with Crippen LogP contribution < -0.4 is 5.32 Å². The van der Waals surface area contributed by atoms with Gasteiger partial charge >= 0.3 is 6.18 Å². The molecule has 1 heterocycles. The first kappa shape index (κ1) is 27.9. The van der Waals surface area contributed by atoms with Crippen molar-refractivity contribution in [3.8, 4) is 0 Å². The van der Waals surface area contributed by atoms with E-state index >= 15 is 0 Å². The van der Waals surface area contributed by atoms with Gasteiger partial charge in [0.2, 0.25) is 5.91 Å². The molecule has 188 valence electrons. The van der Waals surface area contributed by atoms with E-state index in [1.807, 2.05) is 24.1 Å². The molecule has 1 aliphatic heterocycles. The molecule has 1 amide bonds. The number of amides is 1. The fourth-order valence-electron chi connectivity index (χ4n) is 4.17. The Bertz CT molecular complexity index is 931. The van der Waals surface area contributed by atoms with Crippen LogP contribution in [0.3, 0.4) is 0 Å². The number of carbonyl (C=O) groups excluding carboxylic acids is 2. The standard InChI is InChI=1S/C17H25ClN2O.C9H7F3O.H2/c1-12(2)16(19-3)17(21)20-10-8-14(9-11-20)13-4-6-15(18)7-5-13;10-9(11,12)8-4-2-1-3-7(8)5-6-13;/h4-7,12,14,16,19H,8-11H2,1-3H3;1-4,6H,5H2;1H. The molecule has 1 aliphatic rings. The number of benzene rings is 2. The molecule has 0 radical (unpaired) electrons. The lowest BCUT2D eigenvalue weighted by Gasteiger charge is -2.35. The van der Waals surface area contributed by atoms with E-state index in [2.05, 4.69) is 31.3 Å². The number of nitrogens with zero attached hydrogens (tertiary/aromatic N) is 1. The van der Waals surface area contributed by atoms with Gasteiger partial charge in [-0.05, 0) is 61.1 Å². The molecule has 2 aromatic carbocycles. The predicted octanol–water partition coefficient (Wildman–Crippen LogP) is 5.98. The maximum Gasteiger partial charge on any atom is 0.416 e. The topological polar surface area (TPSA) is 49.4 Å². The second-order valence-electron chi connectivity index (χ2n) is 8.69. The van der Waals surface area contributed by atoms with Crippen LogP contribution in [0.5, 0.6) is 0 Å². The molecule has 0 aliphatic carbocycles. The van der Waals surface area contributed by atoms with Crippen molar-refractivity contribution in [1.29, 1.82) is 0 Å². The van der Waals surface area contributed by atoms with Gasteiger partial charge in [-0.25, -0.2) is 0 Å². The molecule has 1 fully saturated rings. The summed E-state index contributed by atoms with van der Waals surface area (Å²) in [6, 6.07) is 13.1. The average molecular weight is 499 g/mol. The highest BCUT2D eigenvalue weighted by molar-refractivity contribution is 6.30. The Morgan fingerprint density at radius 3 is 2.24 bits per heavy atom. The van der Waals surface area contributed by atoms with Crippen LogP contribution >= 0.6 is 11.6 Å². The van der Waals surface area contributed by atoms with Crippen LogP contribution in [-0.4, -0.2) is 43.3 Å². The summed E-state index contributed by atoms with van der Waals surface area (Å²) in [4.78, 5) is 24.6. The van der Waals surface area contributed by atoms with E-state index in [1.54, 1.807) is 0 Å². The van der Waals surface area contributed by atoms with E-state index in [9.17, 15) is 22.8 Å². The van der Waals surface area contributed by atoms with E-state index < -0.39 is 11.7 Å². The Morgan fingerprint density at radius 2 is 1.74 bits per heavy atom. The number of rotatable bonds is 6. The number of carbonyl (C=O) groups is 2. The summed E-state index contributed by atoms with van der Waals surface area (Å²) in [7, 11) is 1.86. The van der Waals surface area contributed by atoms with Gasteiger partial charge in [-0.2, -0.15) is 13.2 Å². The lowest BCUT2D eigenvalue weighted by atomic mass is 9.89. The van der Waals surface area contributed by atoms with Crippen molar-refractivity contribution in [2.45, 2.75) is 51.2 Å². The molecule has 0 bridgehead atoms. The third kappa shape index (κ3) is 7.84. The summed E-state index contributed by atoms with van der Waals surface area (Å²) in [6.45, 7) is 5.85. The Labute approximate surface area is 206 Å². The van der Waals surface area contributed by atoms with Gasteiger partial charge in [0.05, 0.1) is 11.6 Å². The van der Waals surface area contributed by atoms with E-state index in [0.29, 0.717) is 18.1 Å². The van der Waals surface area contributed by atoms with E-state index in [-0.39, 0.29) is 25.4 Å². The normalized spacial score (nSPS) is 15.5. The van der Waals surface area contributed by atoms with Gasteiger partial charge in [0, 0.05) is 26.0 Å². The lowest BCUT2D eigenvalue weighted by molar-refractivity contribution is -0.138. The number of nitrogens with one attached hydrogen (secondary N) is 1. The van der Waals surface area contributed by atoms with Crippen molar-refractivity contribution in [3.63, 3.8) is 0 Å². The number of piperidine rings is 1. The number of hydrogen-bond acceptors (Lipinski definition) is 3. The maximum atomic E-state index is 12.5. The van der Waals surface area contributed by atoms with Crippen LogP contribution in [-0.2, 0) is 22.2 Å². The zero-order chi connectivity index (χ0) is 25.3. The van der Waals surface area contributed by atoms with Crippen molar-refractivity contribution in [2.24, 2.45) is 5.92 Å². The minimum Gasteiger partial charge on any atom is -0.341 e. The fourth-order valence-corrected chi connectivity index (χ4v) is 4.30. The number of hydrogen-bond donors (Lipinski definition) is 1. The number of aldehydes is 1. The van der Waals surface area contributed by atoms with Gasteiger partial charge in [0.1, 0.15) is 6.29 Å². The number of likely N-dealkylation sites (tertiary alicyclic amines) is 1. The molecule has 2 aromatic rings. The van der Waals surface area contributed by atoms with Crippen molar-refractivity contribution in [3.05, 3.63) is 70.2 Å². The summed E-state index contributed by atoms with van der Waals surface area (Å²) >= 11 is 5.94. The Morgan fingerprint density at radius 1 is 1.15 bits per heavy atom. The van der Waals surface area contributed by atoms with Crippen LogP contribution in [0.15, 0.2) is 48.5 Å². The lowest BCUT2D eigenvalue weighted by Crippen LogP contribution is -2.50. The summed E-state index contributed by atoms with van der Waals surface area (Å²) in [5.74, 6) is 1.09. The SMILES string of the molecule is CNC(C(=O)N1CCC(c2ccc(Cl)cc2)CC1)C(C)C.O=CCc1ccccc1C(F)(F)F.[HH]. The zero-order valence-electron chi connectivity index (χ0n) is 19.7. The van der Waals surface area contributed by atoms with Crippen molar-refractivity contribution >= 4 is 23.8 Å². The molecule has 1 N–H and O–H groups in total. The monoisotopic (exact) mass is 498 g/mol. The third-order valence-electron chi connectivity index (χ3n) is 6.02. The van der Waals surface area contributed by atoms with Crippen LogP contribution in [0.1, 0.15) is 50.7 Å². The molecule has 8 heteroatoms. The molecule has 1 unspecified atom stereocenters. The van der Waals surface area contributed by atoms with E-state index in [1.165, 1.54) is 23.8 Å². The van der Waals surface area contributed by atoms with E-state index in [0.717, 1.165) is 37.0 Å². The Balaban J connectivity index is 0.000000378. The van der Waals surface area contributed by atoms with Gasteiger partial charge < -0.3 is 15.0 Å². The predicted molar refractivity (Wildman–Crippen MR) is 131 cm³/mol. The first-order valence-electron chi connectivity index (χ1n) is 11.4. The molecule has 0 aromatic heterocycles. The number of halogens is 4. The first-order valence-corrected chi connectivity index (χ1v) is 11.8. The van der Waals surface area contributed by atoms with E-state index in [4.69, 9.17) is 11.6 Å². The summed E-state index contributed by atoms with van der Waals surface area (Å²) in [6.07, 6.45) is -2.05. The van der Waals surface area contributed by atoms with Crippen LogP contribution in [0, 0.1) is 5.92 Å². The molecular formula is C26H34ClF3N2O2. The smallest absolute Gasteiger partial charge is 0.341 e. The number of alkyl halides is 3. The van der Waals surface area contributed by atoms with Crippen LogP contribution in [0.4, 0.5) is 13.2 Å². The third-order valence-corrected chi connectivity index (χ3v) is 6.27. The Hall–Kier alpha value is -2.38. The van der Waals surface area contributed by atoms with Gasteiger partial charge in [-0.15, -0.1) is 0 Å². The molecule has 3 rings (SSSR count). The van der Waals surface area contributed by atoms with Crippen molar-refractivity contribution < 1.29 is 24.2 Å². The number of likely N-dealkylation sites (N-methyl/N-ethyl adjacent to an activating group) is 1.